The maximum Gasteiger partial charge on any atom is 0.264 e. The Balaban J connectivity index is 2.27. The molecule has 11 heteroatoms. The van der Waals surface area contributed by atoms with Gasteiger partial charge in [0.2, 0.25) is 16.0 Å². The maximum atomic E-state index is 12.0. The molecular formula is C10H11N5O4S2. The van der Waals surface area contributed by atoms with Crippen molar-refractivity contribution in [3.63, 3.8) is 0 Å². The van der Waals surface area contributed by atoms with E-state index in [-0.39, 0.29) is 21.4 Å². The van der Waals surface area contributed by atoms with Crippen LogP contribution in [0, 0.1) is 0 Å². The van der Waals surface area contributed by atoms with Crippen LogP contribution in [0.15, 0.2) is 46.5 Å². The van der Waals surface area contributed by atoms with Crippen molar-refractivity contribution in [2.24, 2.45) is 5.14 Å². The van der Waals surface area contributed by atoms with E-state index in [1.807, 2.05) is 0 Å². The van der Waals surface area contributed by atoms with E-state index in [4.69, 9.17) is 10.9 Å². The number of nitrogens with one attached hydrogen (secondary N) is 1. The third-order valence-corrected chi connectivity index (χ3v) is 4.66. The molecule has 0 spiro atoms. The summed E-state index contributed by atoms with van der Waals surface area (Å²) in [7, 11) is -7.72. The normalized spacial score (nSPS) is 12.0. The Morgan fingerprint density at radius 3 is 1.90 bits per heavy atom. The van der Waals surface area contributed by atoms with Crippen molar-refractivity contribution in [2.45, 2.75) is 9.79 Å². The maximum absolute atomic E-state index is 12.0. The Hall–Kier alpha value is -2.24. The molecule has 0 saturated heterocycles. The summed E-state index contributed by atoms with van der Waals surface area (Å²) < 4.78 is 48.5. The van der Waals surface area contributed by atoms with Crippen molar-refractivity contribution >= 4 is 31.7 Å². The van der Waals surface area contributed by atoms with Crippen molar-refractivity contribution in [3.05, 3.63) is 36.7 Å². The molecule has 1 aromatic carbocycles. The Labute approximate surface area is 121 Å². The zero-order chi connectivity index (χ0) is 15.7. The van der Waals surface area contributed by atoms with Gasteiger partial charge >= 0.3 is 0 Å². The number of hydrogen-bond donors (Lipinski definition) is 3. The summed E-state index contributed by atoms with van der Waals surface area (Å²) in [5, 5.41) is 4.94. The number of anilines is 2. The molecule has 0 amide bonds. The van der Waals surface area contributed by atoms with Crippen LogP contribution in [-0.2, 0) is 20.0 Å². The molecule has 5 N–H and O–H groups in total. The fourth-order valence-electron chi connectivity index (χ4n) is 1.39. The summed E-state index contributed by atoms with van der Waals surface area (Å²) in [6, 6.07) is 4.92. The lowest BCUT2D eigenvalue weighted by molar-refractivity contribution is 0.597. The summed E-state index contributed by atoms with van der Waals surface area (Å²) in [6.07, 6.45) is 2.12. The second-order valence-electron chi connectivity index (χ2n) is 3.95. The number of nitrogens with zero attached hydrogens (tertiary/aromatic N) is 2. The Kier molecular flexibility index (Phi) is 3.80. The van der Waals surface area contributed by atoms with Crippen molar-refractivity contribution in [3.8, 4) is 0 Å². The van der Waals surface area contributed by atoms with Crippen LogP contribution in [0.25, 0.3) is 0 Å². The third kappa shape index (κ3) is 3.65. The lowest BCUT2D eigenvalue weighted by atomic mass is 10.3. The monoisotopic (exact) mass is 329 g/mol. The average molecular weight is 329 g/mol. The molecule has 21 heavy (non-hydrogen) atoms. The van der Waals surface area contributed by atoms with Crippen molar-refractivity contribution < 1.29 is 16.8 Å². The summed E-state index contributed by atoms with van der Waals surface area (Å²) in [5.41, 5.74) is 5.44. The quantitative estimate of drug-likeness (QED) is 0.682. The first-order chi connectivity index (χ1) is 9.68. The predicted octanol–water partition coefficient (Wildman–Crippen LogP) is -0.493. The van der Waals surface area contributed by atoms with Gasteiger partial charge in [-0.25, -0.2) is 31.9 Å². The van der Waals surface area contributed by atoms with E-state index in [0.29, 0.717) is 0 Å². The minimum atomic E-state index is -3.89. The highest BCUT2D eigenvalue weighted by molar-refractivity contribution is 7.92. The molecule has 0 aliphatic heterocycles. The van der Waals surface area contributed by atoms with Gasteiger partial charge in [-0.15, -0.1) is 0 Å². The highest BCUT2D eigenvalue weighted by Crippen LogP contribution is 2.17. The molecule has 0 saturated carbocycles. The van der Waals surface area contributed by atoms with Gasteiger partial charge in [0.25, 0.3) is 10.0 Å². The molecule has 112 valence electrons. The molecule has 0 atom stereocenters. The van der Waals surface area contributed by atoms with E-state index in [1.165, 1.54) is 24.3 Å². The summed E-state index contributed by atoms with van der Waals surface area (Å²) in [5.74, 6) is -0.0496. The van der Waals surface area contributed by atoms with Crippen LogP contribution in [0.4, 0.5) is 11.6 Å². The number of hydrogen-bond acceptors (Lipinski definition) is 7. The molecular weight excluding hydrogens is 318 g/mol. The molecule has 2 rings (SSSR count). The first kappa shape index (κ1) is 15.2. The van der Waals surface area contributed by atoms with Crippen LogP contribution in [0.1, 0.15) is 0 Å². The average Bonchev–Trinajstić information content (AvgIpc) is 2.38. The molecule has 0 fully saturated rings. The second kappa shape index (κ2) is 5.27. The smallest absolute Gasteiger partial charge is 0.264 e. The number of sulfonamides is 2. The van der Waals surface area contributed by atoms with Gasteiger partial charge in [-0.05, 0) is 24.3 Å². The predicted molar refractivity (Wildman–Crippen MR) is 75.1 cm³/mol. The van der Waals surface area contributed by atoms with Gasteiger partial charge in [0.05, 0.1) is 17.3 Å². The van der Waals surface area contributed by atoms with E-state index >= 15 is 0 Å². The number of aromatic nitrogens is 2. The van der Waals surface area contributed by atoms with Gasteiger partial charge in [-0.3, -0.25) is 4.72 Å². The summed E-state index contributed by atoms with van der Waals surface area (Å²) >= 11 is 0. The SMILES string of the molecule is Nc1ncc(S(=O)(=O)Nc2ccc(S(N)(=O)=O)cc2)cn1. The Morgan fingerprint density at radius 1 is 0.905 bits per heavy atom. The van der Waals surface area contributed by atoms with Crippen molar-refractivity contribution in [1.29, 1.82) is 0 Å². The molecule has 9 nitrogen and oxygen atoms in total. The minimum Gasteiger partial charge on any atom is -0.368 e. The Bertz CT molecular complexity index is 845. The Morgan fingerprint density at radius 2 is 1.43 bits per heavy atom. The summed E-state index contributed by atoms with van der Waals surface area (Å²) in [6.45, 7) is 0. The van der Waals surface area contributed by atoms with E-state index < -0.39 is 20.0 Å². The van der Waals surface area contributed by atoms with Gasteiger partial charge in [-0.1, -0.05) is 0 Å². The van der Waals surface area contributed by atoms with Gasteiger partial charge in [0.1, 0.15) is 4.90 Å². The summed E-state index contributed by atoms with van der Waals surface area (Å²) in [4.78, 5) is 6.87. The fraction of sp³-hybridized carbons (Fsp3) is 0. The fourth-order valence-corrected chi connectivity index (χ4v) is 2.85. The molecule has 0 radical (unpaired) electrons. The molecule has 1 aromatic heterocycles. The number of benzene rings is 1. The standard InChI is InChI=1S/C10H11N5O4S2/c11-10-13-5-9(6-14-10)21(18,19)15-7-1-3-8(4-2-7)20(12,16)17/h1-6,15H,(H2,11,13,14)(H2,12,16,17). The topological polar surface area (TPSA) is 158 Å². The van der Waals surface area contributed by atoms with Crippen LogP contribution in [-0.4, -0.2) is 26.8 Å². The second-order valence-corrected chi connectivity index (χ2v) is 7.20. The van der Waals surface area contributed by atoms with Gasteiger partial charge in [-0.2, -0.15) is 0 Å². The van der Waals surface area contributed by atoms with E-state index in [9.17, 15) is 16.8 Å². The first-order valence-corrected chi connectivity index (χ1v) is 8.45. The molecule has 0 bridgehead atoms. The molecule has 0 unspecified atom stereocenters. The van der Waals surface area contributed by atoms with Gasteiger partial charge < -0.3 is 5.73 Å². The number of primary sulfonamides is 1. The van der Waals surface area contributed by atoms with Gasteiger partial charge in [0.15, 0.2) is 0 Å². The van der Waals surface area contributed by atoms with Crippen LogP contribution < -0.4 is 15.6 Å². The molecule has 2 aromatic rings. The van der Waals surface area contributed by atoms with Crippen LogP contribution in [0.2, 0.25) is 0 Å². The highest BCUT2D eigenvalue weighted by Gasteiger charge is 2.16. The molecule has 1 heterocycles. The lowest BCUT2D eigenvalue weighted by Crippen LogP contribution is -2.15. The van der Waals surface area contributed by atoms with E-state index in [1.54, 1.807) is 0 Å². The third-order valence-electron chi connectivity index (χ3n) is 2.39. The molecule has 0 aliphatic rings. The van der Waals surface area contributed by atoms with Crippen molar-refractivity contribution in [1.82, 2.24) is 9.97 Å². The van der Waals surface area contributed by atoms with Crippen LogP contribution in [0.3, 0.4) is 0 Å². The number of nitrogen functional groups attached to an aromatic ring is 1. The van der Waals surface area contributed by atoms with Gasteiger partial charge in [0, 0.05) is 5.69 Å². The van der Waals surface area contributed by atoms with E-state index in [0.717, 1.165) is 12.4 Å². The van der Waals surface area contributed by atoms with Crippen LogP contribution in [0.5, 0.6) is 0 Å². The highest BCUT2D eigenvalue weighted by atomic mass is 32.2. The zero-order valence-electron chi connectivity index (χ0n) is 10.5. The zero-order valence-corrected chi connectivity index (χ0v) is 12.1. The first-order valence-electron chi connectivity index (χ1n) is 5.42. The number of nitrogens with two attached hydrogens (primary N) is 2. The molecule has 0 aliphatic carbocycles. The lowest BCUT2D eigenvalue weighted by Gasteiger charge is -2.08. The minimum absolute atomic E-state index is 0.0496. The van der Waals surface area contributed by atoms with E-state index in [2.05, 4.69) is 14.7 Å². The number of rotatable bonds is 4. The largest absolute Gasteiger partial charge is 0.368 e. The van der Waals surface area contributed by atoms with Crippen LogP contribution >= 0.6 is 0 Å². The van der Waals surface area contributed by atoms with Crippen molar-refractivity contribution in [2.75, 3.05) is 10.5 Å².